The standard InChI is InChI=1S/C9H7N3O4S2/c1-16-8(13)7-5(2-3-17-7)11-9-10-4-6(18-9)12(14)15/h2-4H,1H3,(H,10,11). The number of thiophene rings is 1. The summed E-state index contributed by atoms with van der Waals surface area (Å²) in [6.45, 7) is 0. The molecular weight excluding hydrogens is 278 g/mol. The van der Waals surface area contributed by atoms with E-state index in [0.29, 0.717) is 15.7 Å². The summed E-state index contributed by atoms with van der Waals surface area (Å²) in [6, 6.07) is 1.68. The van der Waals surface area contributed by atoms with Crippen molar-refractivity contribution in [2.75, 3.05) is 12.4 Å². The minimum absolute atomic E-state index is 0.0626. The minimum Gasteiger partial charge on any atom is -0.465 e. The van der Waals surface area contributed by atoms with E-state index in [0.717, 1.165) is 17.5 Å². The summed E-state index contributed by atoms with van der Waals surface area (Å²) in [5, 5.41) is 15.4. The van der Waals surface area contributed by atoms with Crippen LogP contribution in [-0.4, -0.2) is 23.0 Å². The van der Waals surface area contributed by atoms with Crippen LogP contribution in [0.15, 0.2) is 17.6 Å². The molecule has 0 spiro atoms. The number of anilines is 2. The Kier molecular flexibility index (Phi) is 3.53. The van der Waals surface area contributed by atoms with Crippen LogP contribution in [0.4, 0.5) is 15.8 Å². The third-order valence-corrected chi connectivity index (χ3v) is 3.71. The normalized spacial score (nSPS) is 10.1. The number of methoxy groups -OCH3 is 1. The van der Waals surface area contributed by atoms with E-state index in [1.165, 1.54) is 18.4 Å². The van der Waals surface area contributed by atoms with Crippen molar-refractivity contribution < 1.29 is 14.5 Å². The number of esters is 1. The summed E-state index contributed by atoms with van der Waals surface area (Å²) in [5.74, 6) is -0.460. The highest BCUT2D eigenvalue weighted by atomic mass is 32.1. The Labute approximate surface area is 109 Å². The Morgan fingerprint density at radius 2 is 2.39 bits per heavy atom. The Morgan fingerprint density at radius 1 is 1.61 bits per heavy atom. The molecule has 2 heterocycles. The van der Waals surface area contributed by atoms with Gasteiger partial charge in [0.15, 0.2) is 5.13 Å². The maximum atomic E-state index is 11.4. The van der Waals surface area contributed by atoms with Gasteiger partial charge in [0.1, 0.15) is 11.1 Å². The number of carbonyl (C=O) groups is 1. The molecule has 0 fully saturated rings. The number of hydrogen-bond donors (Lipinski definition) is 1. The fourth-order valence-electron chi connectivity index (χ4n) is 1.18. The highest BCUT2D eigenvalue weighted by molar-refractivity contribution is 7.18. The number of nitrogens with one attached hydrogen (secondary N) is 1. The maximum absolute atomic E-state index is 11.4. The second kappa shape index (κ2) is 5.10. The van der Waals surface area contributed by atoms with Crippen molar-refractivity contribution >= 4 is 44.5 Å². The van der Waals surface area contributed by atoms with Gasteiger partial charge < -0.3 is 10.1 Å². The van der Waals surface area contributed by atoms with Crippen LogP contribution in [0.1, 0.15) is 9.67 Å². The van der Waals surface area contributed by atoms with Gasteiger partial charge in [-0.3, -0.25) is 10.1 Å². The van der Waals surface area contributed by atoms with E-state index in [1.54, 1.807) is 11.4 Å². The number of carbonyl (C=O) groups excluding carboxylic acids is 1. The second-order valence-corrected chi connectivity index (χ2v) is 4.97. The molecule has 0 aromatic carbocycles. The summed E-state index contributed by atoms with van der Waals surface area (Å²) in [6.07, 6.45) is 1.16. The second-order valence-electron chi connectivity index (χ2n) is 3.04. The van der Waals surface area contributed by atoms with Gasteiger partial charge in [0.25, 0.3) is 0 Å². The largest absolute Gasteiger partial charge is 0.465 e. The topological polar surface area (TPSA) is 94.4 Å². The van der Waals surface area contributed by atoms with Crippen LogP contribution >= 0.6 is 22.7 Å². The third-order valence-electron chi connectivity index (χ3n) is 1.95. The fraction of sp³-hybridized carbons (Fsp3) is 0.111. The van der Waals surface area contributed by atoms with Gasteiger partial charge in [-0.1, -0.05) is 0 Å². The molecule has 0 bridgehead atoms. The first kappa shape index (κ1) is 12.5. The summed E-state index contributed by atoms with van der Waals surface area (Å²) in [7, 11) is 1.29. The predicted octanol–water partition coefficient (Wildman–Crippen LogP) is 2.64. The zero-order chi connectivity index (χ0) is 13.1. The zero-order valence-electron chi connectivity index (χ0n) is 9.08. The molecule has 0 saturated heterocycles. The predicted molar refractivity (Wildman–Crippen MR) is 67.7 cm³/mol. The molecule has 18 heavy (non-hydrogen) atoms. The first-order chi connectivity index (χ1) is 8.61. The lowest BCUT2D eigenvalue weighted by molar-refractivity contribution is -0.380. The molecule has 1 N–H and O–H groups in total. The molecule has 0 atom stereocenters. The molecule has 94 valence electrons. The van der Waals surface area contributed by atoms with E-state index in [9.17, 15) is 14.9 Å². The molecule has 0 aliphatic carbocycles. The SMILES string of the molecule is COC(=O)c1sccc1Nc1ncc([N+](=O)[O-])s1. The van der Waals surface area contributed by atoms with Gasteiger partial charge in [0.2, 0.25) is 0 Å². The molecule has 0 amide bonds. The number of aromatic nitrogens is 1. The Bertz CT molecular complexity index is 592. The van der Waals surface area contributed by atoms with Gasteiger partial charge in [-0.15, -0.1) is 11.3 Å². The van der Waals surface area contributed by atoms with E-state index < -0.39 is 10.9 Å². The number of nitrogens with zero attached hydrogens (tertiary/aromatic N) is 2. The van der Waals surface area contributed by atoms with E-state index in [1.807, 2.05) is 0 Å². The van der Waals surface area contributed by atoms with Crippen molar-refractivity contribution in [2.45, 2.75) is 0 Å². The van der Waals surface area contributed by atoms with Crippen LogP contribution in [0.3, 0.4) is 0 Å². The maximum Gasteiger partial charge on any atom is 0.350 e. The molecule has 0 aliphatic rings. The Balaban J connectivity index is 2.20. The number of hydrogen-bond acceptors (Lipinski definition) is 8. The van der Waals surface area contributed by atoms with Crippen LogP contribution < -0.4 is 5.32 Å². The molecule has 2 aromatic heterocycles. The number of ether oxygens (including phenoxy) is 1. The van der Waals surface area contributed by atoms with Gasteiger partial charge in [-0.05, 0) is 22.8 Å². The molecule has 9 heteroatoms. The number of rotatable bonds is 4. The monoisotopic (exact) mass is 285 g/mol. The van der Waals surface area contributed by atoms with Crippen molar-refractivity contribution in [3.8, 4) is 0 Å². The van der Waals surface area contributed by atoms with Crippen LogP contribution in [0, 0.1) is 10.1 Å². The smallest absolute Gasteiger partial charge is 0.350 e. The quantitative estimate of drug-likeness (QED) is 0.527. The van der Waals surface area contributed by atoms with E-state index in [4.69, 9.17) is 0 Å². The average Bonchev–Trinajstić information content (AvgIpc) is 2.97. The Morgan fingerprint density at radius 3 is 3.00 bits per heavy atom. The van der Waals surface area contributed by atoms with Crippen molar-refractivity contribution in [3.63, 3.8) is 0 Å². The van der Waals surface area contributed by atoms with E-state index in [-0.39, 0.29) is 5.00 Å². The molecule has 2 rings (SSSR count). The molecule has 7 nitrogen and oxygen atoms in total. The summed E-state index contributed by atoms with van der Waals surface area (Å²) >= 11 is 2.12. The summed E-state index contributed by atoms with van der Waals surface area (Å²) in [4.78, 5) is 25.7. The van der Waals surface area contributed by atoms with Crippen molar-refractivity contribution in [2.24, 2.45) is 0 Å². The molecular formula is C9H7N3O4S2. The van der Waals surface area contributed by atoms with Gasteiger partial charge >= 0.3 is 11.0 Å². The van der Waals surface area contributed by atoms with Gasteiger partial charge in [-0.2, -0.15) is 0 Å². The molecule has 0 unspecified atom stereocenters. The van der Waals surface area contributed by atoms with Crippen LogP contribution in [0.2, 0.25) is 0 Å². The lowest BCUT2D eigenvalue weighted by Gasteiger charge is -2.02. The fourth-order valence-corrected chi connectivity index (χ4v) is 2.59. The molecule has 2 aromatic rings. The lowest BCUT2D eigenvalue weighted by atomic mass is 10.4. The molecule has 0 aliphatic heterocycles. The number of thiazole rings is 1. The first-order valence-corrected chi connectivity index (χ1v) is 6.34. The summed E-state index contributed by atoms with van der Waals surface area (Å²) < 4.78 is 4.62. The Hall–Kier alpha value is -2.00. The van der Waals surface area contributed by atoms with Gasteiger partial charge in [-0.25, -0.2) is 9.78 Å². The lowest BCUT2D eigenvalue weighted by Crippen LogP contribution is -2.01. The average molecular weight is 285 g/mol. The van der Waals surface area contributed by atoms with E-state index in [2.05, 4.69) is 15.0 Å². The van der Waals surface area contributed by atoms with E-state index >= 15 is 0 Å². The number of nitro groups is 1. The van der Waals surface area contributed by atoms with Crippen molar-refractivity contribution in [3.05, 3.63) is 32.6 Å². The zero-order valence-corrected chi connectivity index (χ0v) is 10.7. The highest BCUT2D eigenvalue weighted by Gasteiger charge is 2.16. The van der Waals surface area contributed by atoms with Crippen LogP contribution in [-0.2, 0) is 4.74 Å². The van der Waals surface area contributed by atoms with Crippen molar-refractivity contribution in [1.82, 2.24) is 4.98 Å². The highest BCUT2D eigenvalue weighted by Crippen LogP contribution is 2.31. The first-order valence-electron chi connectivity index (χ1n) is 4.65. The van der Waals surface area contributed by atoms with Crippen LogP contribution in [0.5, 0.6) is 0 Å². The van der Waals surface area contributed by atoms with Crippen LogP contribution in [0.25, 0.3) is 0 Å². The molecule has 0 radical (unpaired) electrons. The third kappa shape index (κ3) is 2.46. The van der Waals surface area contributed by atoms with Gasteiger partial charge in [0.05, 0.1) is 17.7 Å². The molecule has 0 saturated carbocycles. The minimum atomic E-state index is -0.516. The van der Waals surface area contributed by atoms with Gasteiger partial charge in [0, 0.05) is 0 Å². The summed E-state index contributed by atoms with van der Waals surface area (Å²) in [5.41, 5.74) is 0.524. The van der Waals surface area contributed by atoms with Crippen molar-refractivity contribution in [1.29, 1.82) is 0 Å².